The second-order valence-corrected chi connectivity index (χ2v) is 8.28. The Kier molecular flexibility index (Phi) is 5.70. The summed E-state index contributed by atoms with van der Waals surface area (Å²) in [5.74, 6) is 0.264. The van der Waals surface area contributed by atoms with E-state index in [4.69, 9.17) is 4.74 Å². The zero-order valence-electron chi connectivity index (χ0n) is 16.0. The van der Waals surface area contributed by atoms with E-state index in [0.29, 0.717) is 17.0 Å². The summed E-state index contributed by atoms with van der Waals surface area (Å²) in [6.07, 6.45) is 0. The largest absolute Gasteiger partial charge is 0.497 e. The van der Waals surface area contributed by atoms with Gasteiger partial charge in [0.2, 0.25) is 0 Å². The first-order valence-corrected chi connectivity index (χ1v) is 10.3. The molecule has 0 amide bonds. The molecule has 6 heteroatoms. The smallest absolute Gasteiger partial charge is 0.265 e. The Morgan fingerprint density at radius 3 is 2.11 bits per heavy atom. The van der Waals surface area contributed by atoms with Crippen LogP contribution in [0.1, 0.15) is 24.1 Å². The standard InChI is InChI=1S/C22H22FNO3S/c1-16-6-4-5-7-22(16)28(25,26)24(20-12-10-19(23)11-13-20)17(2)18-8-14-21(27-3)15-9-18/h4-15,17H,1-3H3. The van der Waals surface area contributed by atoms with Crippen molar-refractivity contribution in [3.63, 3.8) is 0 Å². The van der Waals surface area contributed by atoms with Crippen molar-refractivity contribution >= 4 is 15.7 Å². The molecule has 3 aromatic rings. The van der Waals surface area contributed by atoms with Gasteiger partial charge in [-0.3, -0.25) is 4.31 Å². The summed E-state index contributed by atoms with van der Waals surface area (Å²) in [6, 6.07) is 19.0. The molecule has 4 nitrogen and oxygen atoms in total. The number of hydrogen-bond acceptors (Lipinski definition) is 3. The summed E-state index contributed by atoms with van der Waals surface area (Å²) >= 11 is 0. The molecule has 0 fully saturated rings. The van der Waals surface area contributed by atoms with Crippen LogP contribution in [0.5, 0.6) is 5.75 Å². The molecule has 1 atom stereocenters. The third-order valence-corrected chi connectivity index (χ3v) is 6.72. The number of nitrogens with zero attached hydrogens (tertiary/aromatic N) is 1. The topological polar surface area (TPSA) is 46.6 Å². The van der Waals surface area contributed by atoms with Gasteiger partial charge in [0.1, 0.15) is 11.6 Å². The van der Waals surface area contributed by atoms with Crippen LogP contribution in [-0.4, -0.2) is 15.5 Å². The van der Waals surface area contributed by atoms with E-state index in [-0.39, 0.29) is 4.90 Å². The maximum Gasteiger partial charge on any atom is 0.265 e. The number of rotatable bonds is 6. The molecule has 0 aliphatic rings. The quantitative estimate of drug-likeness (QED) is 0.579. The van der Waals surface area contributed by atoms with Crippen LogP contribution in [0, 0.1) is 12.7 Å². The summed E-state index contributed by atoms with van der Waals surface area (Å²) < 4.78 is 47.1. The number of ether oxygens (including phenoxy) is 1. The lowest BCUT2D eigenvalue weighted by molar-refractivity contribution is 0.414. The molecule has 0 bridgehead atoms. The highest BCUT2D eigenvalue weighted by atomic mass is 32.2. The fourth-order valence-electron chi connectivity index (χ4n) is 3.13. The van der Waals surface area contributed by atoms with Crippen molar-refractivity contribution in [1.29, 1.82) is 0 Å². The van der Waals surface area contributed by atoms with Gasteiger partial charge in [-0.2, -0.15) is 0 Å². The Labute approximate surface area is 165 Å². The van der Waals surface area contributed by atoms with Crippen LogP contribution in [-0.2, 0) is 10.0 Å². The van der Waals surface area contributed by atoms with Crippen LogP contribution in [0.25, 0.3) is 0 Å². The van der Waals surface area contributed by atoms with Crippen LogP contribution < -0.4 is 9.04 Å². The minimum atomic E-state index is -3.88. The first-order valence-electron chi connectivity index (χ1n) is 8.84. The van der Waals surface area contributed by atoms with E-state index < -0.39 is 21.9 Å². The number of halogens is 1. The molecule has 0 saturated heterocycles. The zero-order valence-corrected chi connectivity index (χ0v) is 16.8. The maximum absolute atomic E-state index is 13.6. The maximum atomic E-state index is 13.6. The second-order valence-electron chi connectivity index (χ2n) is 6.49. The van der Waals surface area contributed by atoms with E-state index in [1.165, 1.54) is 28.6 Å². The van der Waals surface area contributed by atoms with E-state index >= 15 is 0 Å². The molecular weight excluding hydrogens is 377 g/mol. The summed E-state index contributed by atoms with van der Waals surface area (Å²) in [5, 5.41) is 0. The van der Waals surface area contributed by atoms with E-state index in [2.05, 4.69) is 0 Å². The van der Waals surface area contributed by atoms with Gasteiger partial charge in [0, 0.05) is 0 Å². The molecule has 0 aromatic heterocycles. The molecule has 0 saturated carbocycles. The van der Waals surface area contributed by atoms with Crippen LogP contribution in [0.3, 0.4) is 0 Å². The van der Waals surface area contributed by atoms with Crippen LogP contribution in [0.4, 0.5) is 10.1 Å². The molecule has 0 heterocycles. The van der Waals surface area contributed by atoms with Gasteiger partial charge in [0.25, 0.3) is 10.0 Å². The molecule has 0 N–H and O–H groups in total. The van der Waals surface area contributed by atoms with E-state index in [9.17, 15) is 12.8 Å². The molecule has 0 aliphatic carbocycles. The van der Waals surface area contributed by atoms with Crippen molar-refractivity contribution in [2.45, 2.75) is 24.8 Å². The number of sulfonamides is 1. The van der Waals surface area contributed by atoms with Crippen molar-refractivity contribution in [2.75, 3.05) is 11.4 Å². The van der Waals surface area contributed by atoms with Gasteiger partial charge in [0.15, 0.2) is 0 Å². The van der Waals surface area contributed by atoms with Crippen molar-refractivity contribution in [1.82, 2.24) is 0 Å². The lowest BCUT2D eigenvalue weighted by atomic mass is 10.1. The normalized spacial score (nSPS) is 12.4. The lowest BCUT2D eigenvalue weighted by Gasteiger charge is -2.31. The first-order chi connectivity index (χ1) is 13.3. The minimum absolute atomic E-state index is 0.222. The van der Waals surface area contributed by atoms with E-state index in [1.807, 2.05) is 12.1 Å². The lowest BCUT2D eigenvalue weighted by Crippen LogP contribution is -2.34. The van der Waals surface area contributed by atoms with Gasteiger partial charge >= 0.3 is 0 Å². The molecule has 3 rings (SSSR count). The Hall–Kier alpha value is -2.86. The van der Waals surface area contributed by atoms with Crippen LogP contribution in [0.15, 0.2) is 77.7 Å². The van der Waals surface area contributed by atoms with Crippen LogP contribution >= 0.6 is 0 Å². The SMILES string of the molecule is COc1ccc(C(C)N(c2ccc(F)cc2)S(=O)(=O)c2ccccc2C)cc1. The fourth-order valence-corrected chi connectivity index (χ4v) is 5.00. The molecule has 1 unspecified atom stereocenters. The molecular formula is C22H22FNO3S. The zero-order chi connectivity index (χ0) is 20.3. The Bertz CT molecular complexity index is 1050. The van der Waals surface area contributed by atoms with Gasteiger partial charge < -0.3 is 4.74 Å². The van der Waals surface area contributed by atoms with Crippen molar-refractivity contribution in [3.8, 4) is 5.75 Å². The predicted molar refractivity (Wildman–Crippen MR) is 109 cm³/mol. The molecule has 146 valence electrons. The molecule has 0 aliphatic heterocycles. The first kappa shape index (κ1) is 19.9. The molecule has 0 spiro atoms. The monoisotopic (exact) mass is 399 g/mol. The number of aryl methyl sites for hydroxylation is 1. The highest BCUT2D eigenvalue weighted by molar-refractivity contribution is 7.92. The number of hydrogen-bond donors (Lipinski definition) is 0. The van der Waals surface area contributed by atoms with Gasteiger partial charge in [-0.25, -0.2) is 12.8 Å². The molecule has 28 heavy (non-hydrogen) atoms. The van der Waals surface area contributed by atoms with Gasteiger partial charge in [0.05, 0.1) is 23.7 Å². The van der Waals surface area contributed by atoms with Crippen LogP contribution in [0.2, 0.25) is 0 Å². The Morgan fingerprint density at radius 1 is 0.929 bits per heavy atom. The second kappa shape index (κ2) is 8.02. The molecule has 0 radical (unpaired) electrons. The highest BCUT2D eigenvalue weighted by Gasteiger charge is 2.31. The average Bonchev–Trinajstić information content (AvgIpc) is 2.69. The van der Waals surface area contributed by atoms with Gasteiger partial charge in [-0.15, -0.1) is 0 Å². The van der Waals surface area contributed by atoms with Crippen molar-refractivity contribution < 1.29 is 17.5 Å². The summed E-state index contributed by atoms with van der Waals surface area (Å²) in [5.41, 5.74) is 1.84. The van der Waals surface area contributed by atoms with Crippen molar-refractivity contribution in [3.05, 3.63) is 89.7 Å². The minimum Gasteiger partial charge on any atom is -0.497 e. The number of benzene rings is 3. The third kappa shape index (κ3) is 3.87. The summed E-state index contributed by atoms with van der Waals surface area (Å²) in [4.78, 5) is 0.222. The predicted octanol–water partition coefficient (Wildman–Crippen LogP) is 5.10. The third-order valence-electron chi connectivity index (χ3n) is 4.66. The van der Waals surface area contributed by atoms with Gasteiger partial charge in [-0.05, 0) is 67.4 Å². The summed E-state index contributed by atoms with van der Waals surface area (Å²) in [6.45, 7) is 3.56. The Balaban J connectivity index is 2.14. The summed E-state index contributed by atoms with van der Waals surface area (Å²) in [7, 11) is -2.31. The number of anilines is 1. The highest BCUT2D eigenvalue weighted by Crippen LogP contribution is 2.34. The Morgan fingerprint density at radius 2 is 1.54 bits per heavy atom. The van der Waals surface area contributed by atoms with Gasteiger partial charge in [-0.1, -0.05) is 30.3 Å². The van der Waals surface area contributed by atoms with Crippen molar-refractivity contribution in [2.24, 2.45) is 0 Å². The van der Waals surface area contributed by atoms with E-state index in [1.54, 1.807) is 57.4 Å². The average molecular weight is 399 g/mol. The number of methoxy groups -OCH3 is 1. The van der Waals surface area contributed by atoms with E-state index in [0.717, 1.165) is 5.56 Å². The molecule has 3 aromatic carbocycles. The fraction of sp³-hybridized carbons (Fsp3) is 0.182.